The van der Waals surface area contributed by atoms with Crippen LogP contribution in [0.1, 0.15) is 51.7 Å². The van der Waals surface area contributed by atoms with Gasteiger partial charge in [-0.15, -0.1) is 0 Å². The van der Waals surface area contributed by atoms with Crippen molar-refractivity contribution in [2.75, 3.05) is 24.6 Å². The van der Waals surface area contributed by atoms with E-state index in [0.29, 0.717) is 24.6 Å². The molecule has 3 rings (SSSR count). The van der Waals surface area contributed by atoms with Crippen LogP contribution >= 0.6 is 22.6 Å². The summed E-state index contributed by atoms with van der Waals surface area (Å²) in [5.41, 5.74) is 0.844. The van der Waals surface area contributed by atoms with Crippen molar-refractivity contribution in [3.63, 3.8) is 0 Å². The Bertz CT molecular complexity index is 1090. The Morgan fingerprint density at radius 3 is 2.43 bits per heavy atom. The molecule has 0 aliphatic carbocycles. The van der Waals surface area contributed by atoms with Crippen molar-refractivity contribution in [2.24, 2.45) is 5.41 Å². The lowest BCUT2D eigenvalue weighted by Gasteiger charge is -2.34. The highest BCUT2D eigenvalue weighted by atomic mass is 127. The third kappa shape index (κ3) is 6.96. The Morgan fingerprint density at radius 1 is 1.19 bits per heavy atom. The van der Waals surface area contributed by atoms with Crippen molar-refractivity contribution >= 4 is 34.5 Å². The van der Waals surface area contributed by atoms with Crippen molar-refractivity contribution in [1.82, 2.24) is 4.90 Å². The molecule has 0 aromatic heterocycles. The van der Waals surface area contributed by atoms with Gasteiger partial charge in [0.2, 0.25) is 0 Å². The number of nitrogens with zero attached hydrogens (tertiary/aromatic N) is 1. The number of likely N-dealkylation sites (tertiary alicyclic amines) is 1. The first kappa shape index (κ1) is 29.2. The number of esters is 1. The van der Waals surface area contributed by atoms with Gasteiger partial charge in [0.1, 0.15) is 5.60 Å². The van der Waals surface area contributed by atoms with Crippen LogP contribution in [0.15, 0.2) is 48.5 Å². The van der Waals surface area contributed by atoms with E-state index in [1.807, 2.05) is 69.3 Å². The Balaban J connectivity index is 1.93. The van der Waals surface area contributed by atoms with Gasteiger partial charge < -0.3 is 24.2 Å². The molecule has 0 spiro atoms. The van der Waals surface area contributed by atoms with E-state index >= 15 is 0 Å². The molecule has 1 amide bonds. The Kier molecular flexibility index (Phi) is 9.50. The number of carbonyl (C=O) groups excluding carboxylic acids is 2. The smallest absolute Gasteiger partial charge is 0.303 e. The van der Waals surface area contributed by atoms with Gasteiger partial charge in [-0.25, -0.2) is 0 Å². The van der Waals surface area contributed by atoms with Crippen molar-refractivity contribution in [3.05, 3.63) is 59.7 Å². The molecule has 1 fully saturated rings. The lowest BCUT2D eigenvalue weighted by Crippen LogP contribution is -2.43. The average molecular weight is 624 g/mol. The van der Waals surface area contributed by atoms with Crippen molar-refractivity contribution < 1.29 is 28.9 Å². The Hall–Kier alpha value is -2.33. The third-order valence-corrected chi connectivity index (χ3v) is 8.98. The van der Waals surface area contributed by atoms with Gasteiger partial charge in [-0.05, 0) is 44.0 Å². The number of halogens is 1. The van der Waals surface area contributed by atoms with Gasteiger partial charge in [-0.1, -0.05) is 65.9 Å². The maximum atomic E-state index is 13.7. The maximum Gasteiger partial charge on any atom is 0.303 e. The minimum absolute atomic E-state index is 0.165. The van der Waals surface area contributed by atoms with Crippen LogP contribution in [-0.2, 0) is 20.7 Å². The van der Waals surface area contributed by atoms with E-state index in [0.717, 1.165) is 15.6 Å². The summed E-state index contributed by atoms with van der Waals surface area (Å²) in [6.07, 6.45) is -1.33. The second-order valence-electron chi connectivity index (χ2n) is 10.6. The number of ether oxygens (including phenoxy) is 3. The highest BCUT2D eigenvalue weighted by Gasteiger charge is 2.49. The van der Waals surface area contributed by atoms with Crippen LogP contribution in [0.3, 0.4) is 0 Å². The van der Waals surface area contributed by atoms with Gasteiger partial charge >= 0.3 is 5.97 Å². The molecular weight excluding hydrogens is 585 g/mol. The predicted octanol–water partition coefficient (Wildman–Crippen LogP) is 4.77. The van der Waals surface area contributed by atoms with E-state index < -0.39 is 29.2 Å². The Labute approximate surface area is 233 Å². The summed E-state index contributed by atoms with van der Waals surface area (Å²) in [6.45, 7) is 9.82. The normalized spacial score (nSPS) is 21.3. The van der Waals surface area contributed by atoms with E-state index in [1.54, 1.807) is 18.9 Å². The molecule has 0 bridgehead atoms. The van der Waals surface area contributed by atoms with Crippen LogP contribution in [0.25, 0.3) is 0 Å². The van der Waals surface area contributed by atoms with Crippen LogP contribution in [0.2, 0.25) is 0 Å². The van der Waals surface area contributed by atoms with E-state index in [1.165, 1.54) is 6.92 Å². The Morgan fingerprint density at radius 2 is 1.86 bits per heavy atom. The lowest BCUT2D eigenvalue weighted by molar-refractivity contribution is -0.158. The van der Waals surface area contributed by atoms with Crippen LogP contribution < -0.4 is 9.47 Å². The van der Waals surface area contributed by atoms with Crippen LogP contribution in [-0.4, -0.2) is 64.3 Å². The van der Waals surface area contributed by atoms with Gasteiger partial charge in [-0.2, -0.15) is 0 Å². The second-order valence-corrected chi connectivity index (χ2v) is 11.4. The van der Waals surface area contributed by atoms with E-state index in [-0.39, 0.29) is 18.2 Å². The van der Waals surface area contributed by atoms with Gasteiger partial charge in [0.05, 0.1) is 13.2 Å². The SMILES string of the molecule is COc1ccc([C@@H]2CN(C(=O)[C@H](Cc3ccccc3)OC(C)=O)C[C@@]2(C)[C@@H](C)O)cc1OC(C)(C)CI. The monoisotopic (exact) mass is 623 g/mol. The maximum absolute atomic E-state index is 13.7. The number of rotatable bonds is 10. The molecule has 37 heavy (non-hydrogen) atoms. The summed E-state index contributed by atoms with van der Waals surface area (Å²) in [6, 6.07) is 15.3. The second kappa shape index (κ2) is 12.0. The standard InChI is InChI=1S/C29H38INO6/c1-19(32)29(5)18-31(27(34)26(36-20(2)33)14-21-10-8-7-9-11-21)16-23(29)22-12-13-24(35-6)25(15-22)37-28(3,4)17-30/h7-13,15,19,23,26,32H,14,16-18H2,1-6H3/t19-,23+,26+,29+/m1/s1. The molecule has 0 radical (unpaired) electrons. The summed E-state index contributed by atoms with van der Waals surface area (Å²) in [5.74, 6) is 0.329. The zero-order valence-corrected chi connectivity index (χ0v) is 24.7. The number of hydrogen-bond acceptors (Lipinski definition) is 6. The molecule has 7 nitrogen and oxygen atoms in total. The molecule has 202 valence electrons. The molecule has 1 aliphatic rings. The number of alkyl halides is 1. The molecule has 0 unspecified atom stereocenters. The molecule has 8 heteroatoms. The number of benzene rings is 2. The summed E-state index contributed by atoms with van der Waals surface area (Å²) in [4.78, 5) is 27.3. The highest BCUT2D eigenvalue weighted by Crippen LogP contribution is 2.47. The van der Waals surface area contributed by atoms with Crippen molar-refractivity contribution in [2.45, 2.75) is 64.8 Å². The number of aliphatic hydroxyl groups is 1. The van der Waals surface area contributed by atoms with Gasteiger partial charge in [-0.3, -0.25) is 9.59 Å². The van der Waals surface area contributed by atoms with Crippen LogP contribution in [0.5, 0.6) is 11.5 Å². The molecule has 1 saturated heterocycles. The molecule has 1 aliphatic heterocycles. The number of hydrogen-bond donors (Lipinski definition) is 1. The van der Waals surface area contributed by atoms with Crippen LogP contribution in [0.4, 0.5) is 0 Å². The third-order valence-electron chi connectivity index (χ3n) is 7.14. The summed E-state index contributed by atoms with van der Waals surface area (Å²) in [7, 11) is 1.61. The minimum atomic E-state index is -0.934. The molecule has 0 saturated carbocycles. The molecular formula is C29H38INO6. The molecule has 4 atom stereocenters. The van der Waals surface area contributed by atoms with E-state index in [2.05, 4.69) is 22.6 Å². The summed E-state index contributed by atoms with van der Waals surface area (Å²) >= 11 is 2.29. The number of aliphatic hydroxyl groups excluding tert-OH is 1. The van der Waals surface area contributed by atoms with Crippen molar-refractivity contribution in [1.29, 1.82) is 0 Å². The van der Waals surface area contributed by atoms with Crippen molar-refractivity contribution in [3.8, 4) is 11.5 Å². The number of carbonyl (C=O) groups is 2. The quantitative estimate of drug-likeness (QED) is 0.233. The molecule has 1 heterocycles. The zero-order chi connectivity index (χ0) is 27.4. The fraction of sp³-hybridized carbons (Fsp3) is 0.517. The van der Waals surface area contributed by atoms with E-state index in [4.69, 9.17) is 14.2 Å². The first-order chi connectivity index (χ1) is 17.4. The first-order valence-corrected chi connectivity index (χ1v) is 14.0. The summed E-state index contributed by atoms with van der Waals surface area (Å²) < 4.78 is 18.1. The number of methoxy groups -OCH3 is 1. The fourth-order valence-electron chi connectivity index (χ4n) is 4.82. The zero-order valence-electron chi connectivity index (χ0n) is 22.5. The average Bonchev–Trinajstić information content (AvgIpc) is 3.22. The van der Waals surface area contributed by atoms with Crippen LogP contribution in [0, 0.1) is 5.41 Å². The van der Waals surface area contributed by atoms with Gasteiger partial charge in [0.15, 0.2) is 17.6 Å². The molecule has 2 aromatic carbocycles. The molecule has 1 N–H and O–H groups in total. The lowest BCUT2D eigenvalue weighted by atomic mass is 9.72. The largest absolute Gasteiger partial charge is 0.493 e. The van der Waals surface area contributed by atoms with Gasteiger partial charge in [0.25, 0.3) is 5.91 Å². The number of amides is 1. The predicted molar refractivity (Wildman–Crippen MR) is 151 cm³/mol. The van der Waals surface area contributed by atoms with Gasteiger partial charge in [0, 0.05) is 42.2 Å². The topological polar surface area (TPSA) is 85.3 Å². The fourth-order valence-corrected chi connectivity index (χ4v) is 4.97. The van der Waals surface area contributed by atoms with E-state index in [9.17, 15) is 14.7 Å². The first-order valence-electron chi connectivity index (χ1n) is 12.5. The highest BCUT2D eigenvalue weighted by molar-refractivity contribution is 14.1. The minimum Gasteiger partial charge on any atom is -0.493 e. The summed E-state index contributed by atoms with van der Waals surface area (Å²) in [5, 5.41) is 10.9. The molecule has 2 aromatic rings.